The number of anilines is 1. The average molecular weight is 458 g/mol. The number of sulfonamides is 1. The van der Waals surface area contributed by atoms with Gasteiger partial charge in [-0.2, -0.15) is 4.31 Å². The number of thiazole rings is 1. The highest BCUT2D eigenvalue weighted by atomic mass is 32.2. The van der Waals surface area contributed by atoms with Crippen molar-refractivity contribution in [3.8, 4) is 17.0 Å². The monoisotopic (exact) mass is 457 g/mol. The van der Waals surface area contributed by atoms with Crippen molar-refractivity contribution < 1.29 is 17.9 Å². The number of carbonyl (C=O) groups is 1. The number of aromatic nitrogens is 1. The minimum absolute atomic E-state index is 0.0801. The summed E-state index contributed by atoms with van der Waals surface area (Å²) in [6, 6.07) is 11.8. The normalized spacial score (nSPS) is 13.3. The van der Waals surface area contributed by atoms with Gasteiger partial charge < -0.3 is 4.74 Å². The number of carbonyl (C=O) groups excluding carboxylic acids is 1. The lowest BCUT2D eigenvalue weighted by molar-refractivity contribution is 0.102. The second kappa shape index (κ2) is 8.41. The Balaban J connectivity index is 1.52. The molecule has 0 aliphatic carbocycles. The van der Waals surface area contributed by atoms with Gasteiger partial charge in [0, 0.05) is 36.0 Å². The number of hydrogen-bond acceptors (Lipinski definition) is 6. The molecular weight excluding hydrogens is 434 g/mol. The molecule has 1 aliphatic rings. The summed E-state index contributed by atoms with van der Waals surface area (Å²) >= 11 is 1.32. The van der Waals surface area contributed by atoms with Gasteiger partial charge in [0.25, 0.3) is 5.91 Å². The maximum Gasteiger partial charge on any atom is 0.257 e. The van der Waals surface area contributed by atoms with Crippen molar-refractivity contribution in [3.63, 3.8) is 0 Å². The minimum Gasteiger partial charge on any atom is -0.493 e. The number of amides is 1. The zero-order valence-corrected chi connectivity index (χ0v) is 19.1. The topological polar surface area (TPSA) is 88.6 Å². The predicted octanol–water partition coefficient (Wildman–Crippen LogP) is 4.03. The highest BCUT2D eigenvalue weighted by Gasteiger charge is 2.24. The summed E-state index contributed by atoms with van der Waals surface area (Å²) in [6.45, 7) is 4.28. The Hall–Kier alpha value is -2.75. The first-order chi connectivity index (χ1) is 14.8. The minimum atomic E-state index is -3.67. The summed E-state index contributed by atoms with van der Waals surface area (Å²) in [5.74, 6) is 0.498. The highest BCUT2D eigenvalue weighted by molar-refractivity contribution is 7.89. The molecule has 2 aromatic carbocycles. The molecule has 0 unspecified atom stereocenters. The smallest absolute Gasteiger partial charge is 0.257 e. The molecule has 162 valence electrons. The third-order valence-electron chi connectivity index (χ3n) is 5.21. The molecule has 1 amide bonds. The first kappa shape index (κ1) is 21.5. The van der Waals surface area contributed by atoms with Gasteiger partial charge in [-0.05, 0) is 55.8 Å². The van der Waals surface area contributed by atoms with Crippen LogP contribution in [0.2, 0.25) is 0 Å². The molecular formula is C22H23N3O4S2. The standard InChI is InChI=1S/C22H23N3O4S2/c1-14(2)25(3)31(27,28)18-6-4-5-17(12-18)21(26)24-22-23-19(13-30-22)15-7-8-20-16(11-15)9-10-29-20/h4-8,11-14H,9-10H2,1-3H3,(H,23,24,26). The molecule has 3 aromatic rings. The van der Waals surface area contributed by atoms with Crippen LogP contribution in [-0.2, 0) is 16.4 Å². The molecule has 0 fully saturated rings. The van der Waals surface area contributed by atoms with Gasteiger partial charge in [-0.15, -0.1) is 11.3 Å². The van der Waals surface area contributed by atoms with E-state index in [1.807, 2.05) is 17.5 Å². The van der Waals surface area contributed by atoms with E-state index in [9.17, 15) is 13.2 Å². The van der Waals surface area contributed by atoms with Gasteiger partial charge in [-0.25, -0.2) is 13.4 Å². The largest absolute Gasteiger partial charge is 0.493 e. The summed E-state index contributed by atoms with van der Waals surface area (Å²) in [5, 5.41) is 5.10. The van der Waals surface area contributed by atoms with E-state index in [1.165, 1.54) is 34.8 Å². The number of ether oxygens (including phenoxy) is 1. The quantitative estimate of drug-likeness (QED) is 0.604. The summed E-state index contributed by atoms with van der Waals surface area (Å²) in [4.78, 5) is 17.3. The Morgan fingerprint density at radius 2 is 2.03 bits per heavy atom. The number of fused-ring (bicyclic) bond motifs is 1. The van der Waals surface area contributed by atoms with Crippen LogP contribution in [0, 0.1) is 0 Å². The molecule has 7 nitrogen and oxygen atoms in total. The van der Waals surface area contributed by atoms with Crippen LogP contribution in [0.5, 0.6) is 5.75 Å². The van der Waals surface area contributed by atoms with Gasteiger partial charge in [0.1, 0.15) is 5.75 Å². The van der Waals surface area contributed by atoms with E-state index in [0.29, 0.717) is 11.7 Å². The summed E-state index contributed by atoms with van der Waals surface area (Å²) in [5.41, 5.74) is 3.14. The van der Waals surface area contributed by atoms with Gasteiger partial charge in [-0.1, -0.05) is 6.07 Å². The molecule has 2 heterocycles. The molecule has 0 bridgehead atoms. The van der Waals surface area contributed by atoms with Crippen molar-refractivity contribution in [2.24, 2.45) is 0 Å². The lowest BCUT2D eigenvalue weighted by Crippen LogP contribution is -2.33. The molecule has 1 aliphatic heterocycles. The Labute approximate surface area is 185 Å². The van der Waals surface area contributed by atoms with Crippen LogP contribution in [-0.4, -0.2) is 43.3 Å². The van der Waals surface area contributed by atoms with Gasteiger partial charge >= 0.3 is 0 Å². The fraction of sp³-hybridized carbons (Fsp3) is 0.273. The third-order valence-corrected chi connectivity index (χ3v) is 8.00. The number of nitrogens with zero attached hydrogens (tertiary/aromatic N) is 2. The van der Waals surface area contributed by atoms with Crippen molar-refractivity contribution in [1.29, 1.82) is 0 Å². The Bertz CT molecular complexity index is 1240. The van der Waals surface area contributed by atoms with Crippen LogP contribution in [0.25, 0.3) is 11.3 Å². The third kappa shape index (κ3) is 4.34. The van der Waals surface area contributed by atoms with Crippen LogP contribution in [0.1, 0.15) is 29.8 Å². The number of benzene rings is 2. The van der Waals surface area contributed by atoms with Crippen LogP contribution < -0.4 is 10.1 Å². The first-order valence-electron chi connectivity index (χ1n) is 9.87. The fourth-order valence-corrected chi connectivity index (χ4v) is 5.35. The maximum atomic E-state index is 12.7. The van der Waals surface area contributed by atoms with Crippen LogP contribution in [0.4, 0.5) is 5.13 Å². The van der Waals surface area contributed by atoms with E-state index in [1.54, 1.807) is 26.0 Å². The Morgan fingerprint density at radius 1 is 1.23 bits per heavy atom. The molecule has 0 saturated carbocycles. The molecule has 0 radical (unpaired) electrons. The van der Waals surface area contributed by atoms with Crippen molar-refractivity contribution in [2.45, 2.75) is 31.2 Å². The zero-order chi connectivity index (χ0) is 22.2. The number of rotatable bonds is 6. The van der Waals surface area contributed by atoms with Crippen LogP contribution >= 0.6 is 11.3 Å². The molecule has 4 rings (SSSR count). The molecule has 0 spiro atoms. The molecule has 0 atom stereocenters. The summed E-state index contributed by atoms with van der Waals surface area (Å²) in [6.07, 6.45) is 0.877. The molecule has 1 aromatic heterocycles. The zero-order valence-electron chi connectivity index (χ0n) is 17.5. The second-order valence-electron chi connectivity index (χ2n) is 7.56. The maximum absolute atomic E-state index is 12.7. The van der Waals surface area contributed by atoms with Crippen molar-refractivity contribution >= 4 is 32.4 Å². The highest BCUT2D eigenvalue weighted by Crippen LogP contribution is 2.32. The lowest BCUT2D eigenvalue weighted by Gasteiger charge is -2.21. The van der Waals surface area contributed by atoms with Crippen LogP contribution in [0.15, 0.2) is 52.7 Å². The van der Waals surface area contributed by atoms with Crippen molar-refractivity contribution in [1.82, 2.24) is 9.29 Å². The van der Waals surface area contributed by atoms with Crippen LogP contribution in [0.3, 0.4) is 0 Å². The van der Waals surface area contributed by atoms with E-state index >= 15 is 0 Å². The molecule has 1 N–H and O–H groups in total. The van der Waals surface area contributed by atoms with E-state index in [-0.39, 0.29) is 16.5 Å². The lowest BCUT2D eigenvalue weighted by atomic mass is 10.1. The SMILES string of the molecule is CC(C)N(C)S(=O)(=O)c1cccc(C(=O)Nc2nc(-c3ccc4c(c3)CCO4)cs2)c1. The molecule has 0 saturated heterocycles. The Morgan fingerprint density at radius 3 is 2.81 bits per heavy atom. The second-order valence-corrected chi connectivity index (χ2v) is 10.4. The van der Waals surface area contributed by atoms with E-state index in [0.717, 1.165) is 29.0 Å². The van der Waals surface area contributed by atoms with Crippen molar-refractivity contribution in [3.05, 3.63) is 59.0 Å². The molecule has 31 heavy (non-hydrogen) atoms. The van der Waals surface area contributed by atoms with Crippen molar-refractivity contribution in [2.75, 3.05) is 19.0 Å². The summed E-state index contributed by atoms with van der Waals surface area (Å²) in [7, 11) is -2.15. The van der Waals surface area contributed by atoms with E-state index in [2.05, 4.69) is 16.4 Å². The average Bonchev–Trinajstić information content (AvgIpc) is 3.41. The van der Waals surface area contributed by atoms with Gasteiger partial charge in [-0.3, -0.25) is 10.1 Å². The van der Waals surface area contributed by atoms with Gasteiger partial charge in [0.05, 0.1) is 17.2 Å². The van der Waals surface area contributed by atoms with Gasteiger partial charge in [0.2, 0.25) is 10.0 Å². The number of hydrogen-bond donors (Lipinski definition) is 1. The number of nitrogens with one attached hydrogen (secondary N) is 1. The van der Waals surface area contributed by atoms with Gasteiger partial charge in [0.15, 0.2) is 5.13 Å². The Kier molecular flexibility index (Phi) is 5.83. The predicted molar refractivity (Wildman–Crippen MR) is 121 cm³/mol. The first-order valence-corrected chi connectivity index (χ1v) is 12.2. The van der Waals surface area contributed by atoms with E-state index < -0.39 is 15.9 Å². The van der Waals surface area contributed by atoms with E-state index in [4.69, 9.17) is 4.74 Å². The summed E-state index contributed by atoms with van der Waals surface area (Å²) < 4.78 is 32.3. The fourth-order valence-electron chi connectivity index (χ4n) is 3.22. The molecule has 9 heteroatoms.